The molecule has 1 N–H and O–H groups in total. The highest BCUT2D eigenvalue weighted by Crippen LogP contribution is 2.37. The third-order valence-electron chi connectivity index (χ3n) is 4.12. The number of aromatic nitrogens is 2. The molecule has 0 amide bonds. The van der Waals surface area contributed by atoms with Gasteiger partial charge in [0, 0.05) is 6.42 Å². The quantitative estimate of drug-likeness (QED) is 0.770. The molecule has 6 nitrogen and oxygen atoms in total. The Morgan fingerprint density at radius 2 is 1.92 bits per heavy atom. The average molecular weight is 337 g/mol. The van der Waals surface area contributed by atoms with Crippen LogP contribution in [-0.4, -0.2) is 23.4 Å². The molecule has 128 valence electrons. The first-order valence-electron chi connectivity index (χ1n) is 8.28. The molecule has 2 aromatic carbocycles. The van der Waals surface area contributed by atoms with Crippen LogP contribution in [0.1, 0.15) is 22.8 Å². The Kier molecular flexibility index (Phi) is 4.24. The fourth-order valence-electron chi connectivity index (χ4n) is 2.80. The van der Waals surface area contributed by atoms with E-state index >= 15 is 0 Å². The van der Waals surface area contributed by atoms with Gasteiger partial charge in [-0.25, -0.2) is 0 Å². The lowest BCUT2D eigenvalue weighted by Gasteiger charge is -2.21. The zero-order valence-corrected chi connectivity index (χ0v) is 14.0. The number of hydrogen-bond acceptors (Lipinski definition) is 6. The first-order chi connectivity index (χ1) is 12.3. The molecule has 1 aliphatic heterocycles. The predicted molar refractivity (Wildman–Crippen MR) is 93.0 cm³/mol. The molecule has 25 heavy (non-hydrogen) atoms. The van der Waals surface area contributed by atoms with E-state index < -0.39 is 0 Å². The van der Waals surface area contributed by atoms with Crippen molar-refractivity contribution >= 4 is 5.69 Å². The first-order valence-corrected chi connectivity index (χ1v) is 8.28. The number of nitrogens with one attached hydrogen (secondary N) is 1. The number of ether oxygens (including phenoxy) is 2. The van der Waals surface area contributed by atoms with Crippen LogP contribution in [-0.2, 0) is 13.0 Å². The highest BCUT2D eigenvalue weighted by atomic mass is 16.6. The summed E-state index contributed by atoms with van der Waals surface area (Å²) in [7, 11) is 0. The van der Waals surface area contributed by atoms with Crippen molar-refractivity contribution < 1.29 is 14.0 Å². The van der Waals surface area contributed by atoms with Crippen molar-refractivity contribution in [1.82, 2.24) is 10.1 Å². The Morgan fingerprint density at radius 1 is 1.04 bits per heavy atom. The second kappa shape index (κ2) is 6.84. The van der Waals surface area contributed by atoms with E-state index in [1.54, 1.807) is 0 Å². The van der Waals surface area contributed by atoms with E-state index in [4.69, 9.17) is 14.0 Å². The van der Waals surface area contributed by atoms with Gasteiger partial charge in [0.2, 0.25) is 5.89 Å². The van der Waals surface area contributed by atoms with Crippen molar-refractivity contribution in [3.8, 4) is 11.5 Å². The molecular formula is C19H19N3O3. The molecule has 1 aliphatic rings. The van der Waals surface area contributed by atoms with E-state index in [-0.39, 0.29) is 0 Å². The normalized spacial score (nSPS) is 12.8. The number of benzene rings is 2. The standard InChI is InChI=1S/C19H19N3O3/c1-13-5-2-3-6-14(13)11-17-21-18(25-22-17)12-20-15-7-4-8-16-19(15)24-10-9-23-16/h2-8,20H,9-12H2,1H3. The number of anilines is 1. The SMILES string of the molecule is Cc1ccccc1Cc1noc(CNc2cccc3c2OCCO3)n1. The average Bonchev–Trinajstić information content (AvgIpc) is 3.09. The van der Waals surface area contributed by atoms with Gasteiger partial charge in [-0.1, -0.05) is 35.5 Å². The lowest BCUT2D eigenvalue weighted by molar-refractivity contribution is 0.172. The van der Waals surface area contributed by atoms with Crippen molar-refractivity contribution in [1.29, 1.82) is 0 Å². The molecule has 1 aromatic heterocycles. The van der Waals surface area contributed by atoms with E-state index in [2.05, 4.69) is 34.5 Å². The minimum atomic E-state index is 0.431. The number of aryl methyl sites for hydroxylation is 1. The van der Waals surface area contributed by atoms with Crippen LogP contribution in [0.4, 0.5) is 5.69 Å². The molecule has 0 unspecified atom stereocenters. The molecule has 2 heterocycles. The third-order valence-corrected chi connectivity index (χ3v) is 4.12. The zero-order chi connectivity index (χ0) is 17.1. The summed E-state index contributed by atoms with van der Waals surface area (Å²) >= 11 is 0. The van der Waals surface area contributed by atoms with Crippen LogP contribution in [0.5, 0.6) is 11.5 Å². The van der Waals surface area contributed by atoms with E-state index in [0.717, 1.165) is 17.2 Å². The van der Waals surface area contributed by atoms with E-state index in [9.17, 15) is 0 Å². The molecule has 0 fully saturated rings. The molecule has 0 bridgehead atoms. The third kappa shape index (κ3) is 3.42. The Balaban J connectivity index is 1.43. The summed E-state index contributed by atoms with van der Waals surface area (Å²) in [6.45, 7) is 3.63. The molecule has 0 saturated carbocycles. The topological polar surface area (TPSA) is 69.4 Å². The summed E-state index contributed by atoms with van der Waals surface area (Å²) in [5.74, 6) is 2.70. The van der Waals surface area contributed by atoms with Gasteiger partial charge < -0.3 is 19.3 Å². The smallest absolute Gasteiger partial charge is 0.245 e. The fourth-order valence-corrected chi connectivity index (χ4v) is 2.80. The number of para-hydroxylation sites is 1. The van der Waals surface area contributed by atoms with Crippen LogP contribution in [0.15, 0.2) is 47.0 Å². The molecular weight excluding hydrogens is 318 g/mol. The van der Waals surface area contributed by atoms with E-state index in [1.165, 1.54) is 11.1 Å². The van der Waals surface area contributed by atoms with Crippen LogP contribution < -0.4 is 14.8 Å². The maximum Gasteiger partial charge on any atom is 0.245 e. The minimum absolute atomic E-state index is 0.431. The van der Waals surface area contributed by atoms with Gasteiger partial charge in [0.25, 0.3) is 0 Å². The van der Waals surface area contributed by atoms with Crippen LogP contribution in [0.25, 0.3) is 0 Å². The zero-order valence-electron chi connectivity index (χ0n) is 14.0. The minimum Gasteiger partial charge on any atom is -0.486 e. The van der Waals surface area contributed by atoms with Crippen molar-refractivity contribution in [3.63, 3.8) is 0 Å². The monoisotopic (exact) mass is 337 g/mol. The Labute approximate surface area is 145 Å². The summed E-state index contributed by atoms with van der Waals surface area (Å²) in [5, 5.41) is 7.35. The summed E-state index contributed by atoms with van der Waals surface area (Å²) in [5.41, 5.74) is 3.28. The summed E-state index contributed by atoms with van der Waals surface area (Å²) in [6, 6.07) is 14.0. The van der Waals surface area contributed by atoms with E-state index in [1.807, 2.05) is 30.3 Å². The Bertz CT molecular complexity index is 876. The summed E-state index contributed by atoms with van der Waals surface area (Å²) in [4.78, 5) is 4.46. The van der Waals surface area contributed by atoms with Gasteiger partial charge in [-0.3, -0.25) is 0 Å². The molecule has 3 aromatic rings. The van der Waals surface area contributed by atoms with Gasteiger partial charge in [-0.2, -0.15) is 4.98 Å². The van der Waals surface area contributed by atoms with Crippen molar-refractivity contribution in [2.45, 2.75) is 19.9 Å². The van der Waals surface area contributed by atoms with Crippen LogP contribution in [0.2, 0.25) is 0 Å². The lowest BCUT2D eigenvalue weighted by atomic mass is 10.1. The van der Waals surface area contributed by atoms with Gasteiger partial charge in [0.05, 0.1) is 12.2 Å². The molecule has 0 saturated heterocycles. The Hall–Kier alpha value is -3.02. The van der Waals surface area contributed by atoms with Crippen molar-refractivity contribution in [2.24, 2.45) is 0 Å². The van der Waals surface area contributed by atoms with Gasteiger partial charge in [-0.15, -0.1) is 0 Å². The lowest BCUT2D eigenvalue weighted by Crippen LogP contribution is -2.16. The molecule has 0 atom stereocenters. The fraction of sp³-hybridized carbons (Fsp3) is 0.263. The molecule has 0 radical (unpaired) electrons. The van der Waals surface area contributed by atoms with Gasteiger partial charge >= 0.3 is 0 Å². The van der Waals surface area contributed by atoms with Gasteiger partial charge in [-0.05, 0) is 30.2 Å². The van der Waals surface area contributed by atoms with Crippen LogP contribution in [0.3, 0.4) is 0 Å². The molecule has 0 spiro atoms. The number of nitrogens with zero attached hydrogens (tertiary/aromatic N) is 2. The number of fused-ring (bicyclic) bond motifs is 1. The maximum absolute atomic E-state index is 5.69. The van der Waals surface area contributed by atoms with Gasteiger partial charge in [0.1, 0.15) is 13.2 Å². The van der Waals surface area contributed by atoms with E-state index in [0.29, 0.717) is 37.9 Å². The number of rotatable bonds is 5. The van der Waals surface area contributed by atoms with Crippen LogP contribution >= 0.6 is 0 Å². The highest BCUT2D eigenvalue weighted by Gasteiger charge is 2.16. The maximum atomic E-state index is 5.69. The first kappa shape index (κ1) is 15.5. The van der Waals surface area contributed by atoms with Crippen LogP contribution in [0, 0.1) is 6.92 Å². The summed E-state index contributed by atoms with van der Waals surface area (Å²) in [6.07, 6.45) is 0.661. The largest absolute Gasteiger partial charge is 0.486 e. The Morgan fingerprint density at radius 3 is 2.84 bits per heavy atom. The van der Waals surface area contributed by atoms with Crippen molar-refractivity contribution in [3.05, 3.63) is 65.3 Å². The predicted octanol–water partition coefficient (Wildman–Crippen LogP) is 3.35. The van der Waals surface area contributed by atoms with Gasteiger partial charge in [0.15, 0.2) is 17.3 Å². The second-order valence-electron chi connectivity index (χ2n) is 5.89. The molecule has 6 heteroatoms. The molecule has 0 aliphatic carbocycles. The number of hydrogen-bond donors (Lipinski definition) is 1. The van der Waals surface area contributed by atoms with Crippen molar-refractivity contribution in [2.75, 3.05) is 18.5 Å². The molecule has 4 rings (SSSR count). The summed E-state index contributed by atoms with van der Waals surface area (Å²) < 4.78 is 16.6. The highest BCUT2D eigenvalue weighted by molar-refractivity contribution is 5.63. The second-order valence-corrected chi connectivity index (χ2v) is 5.89.